The molecule has 0 bridgehead atoms. The summed E-state index contributed by atoms with van der Waals surface area (Å²) in [7, 11) is 0. The fraction of sp³-hybridized carbons (Fsp3) is 0.333. The summed E-state index contributed by atoms with van der Waals surface area (Å²) in [6.45, 7) is 2.95. The van der Waals surface area contributed by atoms with E-state index in [0.717, 1.165) is 21.3 Å². The van der Waals surface area contributed by atoms with E-state index in [4.69, 9.17) is 0 Å². The van der Waals surface area contributed by atoms with Crippen LogP contribution in [-0.2, 0) is 16.0 Å². The topological polar surface area (TPSA) is 91.0 Å². The van der Waals surface area contributed by atoms with Gasteiger partial charge < -0.3 is 5.32 Å². The number of nitrogens with zero attached hydrogens (tertiary/aromatic N) is 3. The van der Waals surface area contributed by atoms with Crippen LogP contribution in [0.4, 0.5) is 5.13 Å². The van der Waals surface area contributed by atoms with Crippen molar-refractivity contribution < 1.29 is 9.59 Å². The van der Waals surface area contributed by atoms with Crippen molar-refractivity contribution in [3.05, 3.63) is 41.7 Å². The summed E-state index contributed by atoms with van der Waals surface area (Å²) in [6, 6.07) is 6.04. The number of hydrogen-bond acceptors (Lipinski definition) is 5. The van der Waals surface area contributed by atoms with E-state index in [9.17, 15) is 9.59 Å². The van der Waals surface area contributed by atoms with Gasteiger partial charge in [0.2, 0.25) is 11.8 Å². The van der Waals surface area contributed by atoms with Crippen molar-refractivity contribution in [1.82, 2.24) is 20.5 Å². The van der Waals surface area contributed by atoms with Gasteiger partial charge >= 0.3 is 0 Å². The van der Waals surface area contributed by atoms with Crippen molar-refractivity contribution >= 4 is 38.5 Å². The molecule has 1 aliphatic rings. The number of benzene rings is 1. The van der Waals surface area contributed by atoms with Gasteiger partial charge in [0.25, 0.3) is 0 Å². The fourth-order valence-corrected chi connectivity index (χ4v) is 4.18. The molecule has 0 saturated carbocycles. The van der Waals surface area contributed by atoms with E-state index in [-0.39, 0.29) is 24.2 Å². The maximum absolute atomic E-state index is 12.4. The summed E-state index contributed by atoms with van der Waals surface area (Å²) >= 11 is 1.49. The number of thiazole rings is 1. The number of hydrogen-bond donors (Lipinski definition) is 2. The number of anilines is 1. The third kappa shape index (κ3) is 3.32. The minimum absolute atomic E-state index is 0.0456. The lowest BCUT2D eigenvalue weighted by atomic mass is 10.1. The lowest BCUT2D eigenvalue weighted by molar-refractivity contribution is -0.126. The number of H-pyrrole nitrogens is 1. The van der Waals surface area contributed by atoms with E-state index in [1.807, 2.05) is 25.3 Å². The van der Waals surface area contributed by atoms with Crippen molar-refractivity contribution in [2.75, 3.05) is 18.0 Å². The molecular weight excluding hydrogens is 350 g/mol. The van der Waals surface area contributed by atoms with Gasteiger partial charge in [-0.05, 0) is 36.6 Å². The average Bonchev–Trinajstić information content (AvgIpc) is 3.33. The Bertz CT molecular complexity index is 950. The lowest BCUT2D eigenvalue weighted by Gasteiger charge is -2.13. The fourth-order valence-electron chi connectivity index (χ4n) is 3.09. The second kappa shape index (κ2) is 6.87. The Hall–Kier alpha value is -2.74. The molecule has 1 aromatic carbocycles. The predicted octanol–water partition coefficient (Wildman–Crippen LogP) is 2.04. The Morgan fingerprint density at radius 3 is 3.15 bits per heavy atom. The summed E-state index contributed by atoms with van der Waals surface area (Å²) in [5.41, 5.74) is 3.09. The van der Waals surface area contributed by atoms with Gasteiger partial charge in [-0.25, -0.2) is 4.98 Å². The molecule has 3 heterocycles. The van der Waals surface area contributed by atoms with Gasteiger partial charge in [0.05, 0.1) is 22.3 Å². The van der Waals surface area contributed by atoms with E-state index in [0.29, 0.717) is 24.6 Å². The van der Waals surface area contributed by atoms with Crippen molar-refractivity contribution in [2.45, 2.75) is 19.8 Å². The zero-order chi connectivity index (χ0) is 18.1. The normalized spacial score (nSPS) is 17.2. The van der Waals surface area contributed by atoms with Crippen molar-refractivity contribution in [2.24, 2.45) is 5.92 Å². The van der Waals surface area contributed by atoms with Gasteiger partial charge in [0, 0.05) is 25.7 Å². The standard InChI is InChI=1S/C18H19N5O2S/c1-11-2-3-14-15(6-11)26-18(22-14)23-10-13(7-16(23)24)17(25)19-5-4-12-8-20-21-9-12/h2-3,6,8-9,13H,4-5,7,10H2,1H3,(H,19,25)(H,20,21). The molecule has 0 aliphatic carbocycles. The van der Waals surface area contributed by atoms with E-state index in [1.165, 1.54) is 11.3 Å². The minimum Gasteiger partial charge on any atom is -0.355 e. The number of aryl methyl sites for hydroxylation is 1. The average molecular weight is 369 g/mol. The number of carbonyl (C=O) groups excluding carboxylic acids is 2. The van der Waals surface area contributed by atoms with Gasteiger partial charge in [-0.3, -0.25) is 19.6 Å². The molecule has 1 atom stereocenters. The van der Waals surface area contributed by atoms with Crippen molar-refractivity contribution in [3.8, 4) is 0 Å². The van der Waals surface area contributed by atoms with E-state index in [2.05, 4.69) is 26.6 Å². The Morgan fingerprint density at radius 1 is 1.46 bits per heavy atom. The van der Waals surface area contributed by atoms with Gasteiger partial charge in [-0.2, -0.15) is 5.10 Å². The summed E-state index contributed by atoms with van der Waals surface area (Å²) in [6.07, 6.45) is 4.49. The Labute approximate surface area is 154 Å². The molecule has 7 nitrogen and oxygen atoms in total. The second-order valence-corrected chi connectivity index (χ2v) is 7.53. The monoisotopic (exact) mass is 369 g/mol. The van der Waals surface area contributed by atoms with Crippen LogP contribution < -0.4 is 10.2 Å². The molecule has 8 heteroatoms. The first-order valence-electron chi connectivity index (χ1n) is 8.53. The Morgan fingerprint density at radius 2 is 2.35 bits per heavy atom. The van der Waals surface area contributed by atoms with Crippen LogP contribution in [0.2, 0.25) is 0 Å². The number of aromatic amines is 1. The number of nitrogens with one attached hydrogen (secondary N) is 2. The number of fused-ring (bicyclic) bond motifs is 1. The number of rotatable bonds is 5. The van der Waals surface area contributed by atoms with Gasteiger partial charge in [-0.1, -0.05) is 17.4 Å². The number of aromatic nitrogens is 3. The van der Waals surface area contributed by atoms with Gasteiger partial charge in [0.1, 0.15) is 0 Å². The molecule has 4 rings (SSSR count). The van der Waals surface area contributed by atoms with E-state index >= 15 is 0 Å². The quantitative estimate of drug-likeness (QED) is 0.720. The van der Waals surface area contributed by atoms with E-state index < -0.39 is 0 Å². The highest BCUT2D eigenvalue weighted by atomic mass is 32.1. The molecule has 134 valence electrons. The highest BCUT2D eigenvalue weighted by Gasteiger charge is 2.36. The Balaban J connectivity index is 1.40. The number of carbonyl (C=O) groups is 2. The summed E-state index contributed by atoms with van der Waals surface area (Å²) < 4.78 is 1.06. The minimum atomic E-state index is -0.333. The third-order valence-electron chi connectivity index (χ3n) is 4.53. The number of amides is 2. The van der Waals surface area contributed by atoms with Crippen LogP contribution in [0.1, 0.15) is 17.5 Å². The first-order valence-corrected chi connectivity index (χ1v) is 9.35. The molecule has 1 fully saturated rings. The maximum atomic E-state index is 12.4. The zero-order valence-corrected chi connectivity index (χ0v) is 15.2. The van der Waals surface area contributed by atoms with Crippen molar-refractivity contribution in [1.29, 1.82) is 0 Å². The maximum Gasteiger partial charge on any atom is 0.229 e. The summed E-state index contributed by atoms with van der Waals surface area (Å²) in [5, 5.41) is 10.2. The third-order valence-corrected chi connectivity index (χ3v) is 5.57. The molecule has 1 saturated heterocycles. The molecule has 2 amide bonds. The molecule has 2 aromatic heterocycles. The van der Waals surface area contributed by atoms with Crippen molar-refractivity contribution in [3.63, 3.8) is 0 Å². The molecule has 1 aliphatic heterocycles. The second-order valence-electron chi connectivity index (χ2n) is 6.52. The van der Waals surface area contributed by atoms with Crippen LogP contribution in [-0.4, -0.2) is 40.1 Å². The lowest BCUT2D eigenvalue weighted by Crippen LogP contribution is -2.34. The molecule has 3 aromatic rings. The van der Waals surface area contributed by atoms with Crippen LogP contribution in [0.3, 0.4) is 0 Å². The highest BCUT2D eigenvalue weighted by molar-refractivity contribution is 7.22. The summed E-state index contributed by atoms with van der Waals surface area (Å²) in [4.78, 5) is 31.0. The largest absolute Gasteiger partial charge is 0.355 e. The van der Waals surface area contributed by atoms with Crippen LogP contribution >= 0.6 is 11.3 Å². The van der Waals surface area contributed by atoms with Gasteiger partial charge in [-0.15, -0.1) is 0 Å². The SMILES string of the molecule is Cc1ccc2nc(N3CC(C(=O)NCCc4cn[nH]c4)CC3=O)sc2c1. The molecule has 0 spiro atoms. The Kier molecular flexibility index (Phi) is 4.42. The zero-order valence-electron chi connectivity index (χ0n) is 14.4. The molecule has 1 unspecified atom stereocenters. The molecule has 0 radical (unpaired) electrons. The van der Waals surface area contributed by atoms with E-state index in [1.54, 1.807) is 11.1 Å². The molecule has 26 heavy (non-hydrogen) atoms. The van der Waals surface area contributed by atoms with Crippen LogP contribution in [0.15, 0.2) is 30.6 Å². The highest BCUT2D eigenvalue weighted by Crippen LogP contribution is 2.33. The first kappa shape index (κ1) is 16.7. The molecular formula is C18H19N5O2S. The van der Waals surface area contributed by atoms with Crippen LogP contribution in [0.25, 0.3) is 10.2 Å². The first-order chi connectivity index (χ1) is 12.6. The smallest absolute Gasteiger partial charge is 0.229 e. The van der Waals surface area contributed by atoms with Gasteiger partial charge in [0.15, 0.2) is 5.13 Å². The predicted molar refractivity (Wildman–Crippen MR) is 100 cm³/mol. The van der Waals surface area contributed by atoms with Crippen LogP contribution in [0.5, 0.6) is 0 Å². The van der Waals surface area contributed by atoms with Crippen LogP contribution in [0, 0.1) is 12.8 Å². The summed E-state index contributed by atoms with van der Waals surface area (Å²) in [5.74, 6) is -0.460. The molecule has 2 N–H and O–H groups in total.